The minimum Gasteiger partial charge on any atom is -0.508 e. The lowest BCUT2D eigenvalue weighted by Crippen LogP contribution is -2.26. The lowest BCUT2D eigenvalue weighted by atomic mass is 10.0. The zero-order chi connectivity index (χ0) is 11.4. The number of rotatable bonds is 4. The third-order valence-electron chi connectivity index (χ3n) is 2.05. The van der Waals surface area contributed by atoms with E-state index < -0.39 is 12.0 Å². The number of aliphatic hydroxyl groups is 1. The Balaban J connectivity index is 0.00000225. The molecule has 0 aliphatic carbocycles. The topological polar surface area (TPSA) is 104 Å². The highest BCUT2D eigenvalue weighted by Crippen LogP contribution is 2.20. The predicted molar refractivity (Wildman–Crippen MR) is 61.1 cm³/mol. The molecule has 0 saturated carbocycles. The zero-order valence-electron chi connectivity index (χ0n) is 8.46. The number of aliphatic hydroxyl groups excluding tert-OH is 1. The summed E-state index contributed by atoms with van der Waals surface area (Å²) in [6.45, 7) is -0.180. The number of aromatic hydroxyl groups is 1. The van der Waals surface area contributed by atoms with Crippen LogP contribution in [0.2, 0.25) is 0 Å². The van der Waals surface area contributed by atoms with Gasteiger partial charge in [0, 0.05) is 6.04 Å². The molecular weight excluding hydrogens is 234 g/mol. The summed E-state index contributed by atoms with van der Waals surface area (Å²) in [5.74, 6) is -1.21. The normalized spacial score (nSPS) is 11.6. The van der Waals surface area contributed by atoms with Gasteiger partial charge in [0.2, 0.25) is 0 Å². The van der Waals surface area contributed by atoms with Crippen molar-refractivity contribution in [1.82, 2.24) is 0 Å². The molecule has 5 N–H and O–H groups in total. The molecule has 6 heteroatoms. The highest BCUT2D eigenvalue weighted by molar-refractivity contribution is 5.88. The molecule has 0 radical (unpaired) electrons. The number of halogens is 1. The van der Waals surface area contributed by atoms with Gasteiger partial charge in [-0.2, -0.15) is 0 Å². The Bertz CT molecular complexity index is 370. The van der Waals surface area contributed by atoms with Crippen molar-refractivity contribution in [1.29, 1.82) is 0 Å². The van der Waals surface area contributed by atoms with Crippen LogP contribution in [0.25, 0.3) is 0 Å². The van der Waals surface area contributed by atoms with Gasteiger partial charge in [0.1, 0.15) is 5.75 Å². The van der Waals surface area contributed by atoms with E-state index in [1.54, 1.807) is 0 Å². The van der Waals surface area contributed by atoms with Crippen LogP contribution in [0.3, 0.4) is 0 Å². The molecule has 0 aliphatic heterocycles. The van der Waals surface area contributed by atoms with E-state index >= 15 is 0 Å². The van der Waals surface area contributed by atoms with Crippen molar-refractivity contribution in [2.75, 3.05) is 6.61 Å². The van der Waals surface area contributed by atoms with Crippen LogP contribution in [0.15, 0.2) is 18.2 Å². The van der Waals surface area contributed by atoms with Crippen LogP contribution < -0.4 is 5.73 Å². The minimum absolute atomic E-state index is 0. The average Bonchev–Trinajstić information content (AvgIpc) is 2.20. The van der Waals surface area contributed by atoms with Gasteiger partial charge in [-0.25, -0.2) is 4.79 Å². The van der Waals surface area contributed by atoms with Gasteiger partial charge in [-0.3, -0.25) is 0 Å². The van der Waals surface area contributed by atoms with Gasteiger partial charge in [0.15, 0.2) is 0 Å². The summed E-state index contributed by atoms with van der Waals surface area (Å²) < 4.78 is 0. The molecule has 0 aliphatic rings. The second kappa shape index (κ2) is 6.32. The predicted octanol–water partition coefficient (Wildman–Crippen LogP) is 0.374. The van der Waals surface area contributed by atoms with Crippen LogP contribution in [0.1, 0.15) is 15.9 Å². The van der Waals surface area contributed by atoms with Crippen molar-refractivity contribution in [3.63, 3.8) is 0 Å². The first-order valence-electron chi connectivity index (χ1n) is 4.46. The van der Waals surface area contributed by atoms with E-state index in [0.717, 1.165) is 0 Å². The maximum Gasteiger partial charge on any atom is 0.335 e. The summed E-state index contributed by atoms with van der Waals surface area (Å²) in [6.07, 6.45) is 0.308. The Kier molecular flexibility index (Phi) is 5.81. The first kappa shape index (κ1) is 14.7. The molecule has 1 unspecified atom stereocenters. The molecule has 0 bridgehead atoms. The number of nitrogens with two attached hydrogens (primary N) is 1. The van der Waals surface area contributed by atoms with Crippen LogP contribution in [0.4, 0.5) is 0 Å². The number of carbonyl (C=O) groups is 1. The SMILES string of the molecule is Cl.NC(CO)Cc1ccc(C(=O)O)cc1O. The number of benzene rings is 1. The number of hydrogen-bond acceptors (Lipinski definition) is 4. The minimum atomic E-state index is -1.09. The van der Waals surface area contributed by atoms with Crippen LogP contribution in [0.5, 0.6) is 5.75 Å². The smallest absolute Gasteiger partial charge is 0.335 e. The quantitative estimate of drug-likeness (QED) is 0.616. The van der Waals surface area contributed by atoms with Crippen molar-refractivity contribution in [2.24, 2.45) is 5.73 Å². The highest BCUT2D eigenvalue weighted by Gasteiger charge is 2.10. The Morgan fingerprint density at radius 1 is 1.44 bits per heavy atom. The standard InChI is InChI=1S/C10H13NO4.ClH/c11-8(5-12)3-6-1-2-7(10(14)15)4-9(6)13;/h1-2,4,8,12-13H,3,5,11H2,(H,14,15);1H. The third kappa shape index (κ3) is 3.69. The van der Waals surface area contributed by atoms with E-state index in [4.69, 9.17) is 15.9 Å². The number of hydrogen-bond donors (Lipinski definition) is 4. The van der Waals surface area contributed by atoms with E-state index in [1.807, 2.05) is 0 Å². The monoisotopic (exact) mass is 247 g/mol. The highest BCUT2D eigenvalue weighted by atomic mass is 35.5. The maximum atomic E-state index is 10.6. The fraction of sp³-hybridized carbons (Fsp3) is 0.300. The van der Waals surface area contributed by atoms with Gasteiger partial charge in [-0.05, 0) is 24.1 Å². The molecule has 0 aromatic heterocycles. The van der Waals surface area contributed by atoms with Gasteiger partial charge in [0.05, 0.1) is 12.2 Å². The molecule has 90 valence electrons. The van der Waals surface area contributed by atoms with E-state index in [1.165, 1.54) is 18.2 Å². The van der Waals surface area contributed by atoms with Crippen LogP contribution in [-0.4, -0.2) is 33.9 Å². The second-order valence-electron chi connectivity index (χ2n) is 3.30. The van der Waals surface area contributed by atoms with Crippen molar-refractivity contribution in [3.8, 4) is 5.75 Å². The molecule has 16 heavy (non-hydrogen) atoms. The molecule has 1 rings (SSSR count). The van der Waals surface area contributed by atoms with E-state index in [0.29, 0.717) is 12.0 Å². The fourth-order valence-corrected chi connectivity index (χ4v) is 1.22. The Morgan fingerprint density at radius 3 is 2.50 bits per heavy atom. The summed E-state index contributed by atoms with van der Waals surface area (Å²) in [6, 6.07) is 3.60. The average molecular weight is 248 g/mol. The number of carboxylic acid groups (broad SMARTS) is 1. The Labute approximate surface area is 98.9 Å². The first-order chi connectivity index (χ1) is 7.04. The van der Waals surface area contributed by atoms with Crippen molar-refractivity contribution >= 4 is 18.4 Å². The van der Waals surface area contributed by atoms with Gasteiger partial charge in [-0.1, -0.05) is 6.07 Å². The summed E-state index contributed by atoms with van der Waals surface area (Å²) in [7, 11) is 0. The lowest BCUT2D eigenvalue weighted by molar-refractivity contribution is 0.0696. The van der Waals surface area contributed by atoms with Crippen molar-refractivity contribution in [2.45, 2.75) is 12.5 Å². The molecule has 0 amide bonds. The van der Waals surface area contributed by atoms with Crippen molar-refractivity contribution < 1.29 is 20.1 Å². The number of aromatic carboxylic acids is 1. The molecular formula is C10H14ClNO4. The summed E-state index contributed by atoms with van der Waals surface area (Å²) >= 11 is 0. The first-order valence-corrected chi connectivity index (χ1v) is 4.46. The van der Waals surface area contributed by atoms with Crippen LogP contribution >= 0.6 is 12.4 Å². The lowest BCUT2D eigenvalue weighted by Gasteiger charge is -2.09. The van der Waals surface area contributed by atoms with Gasteiger partial charge < -0.3 is 21.1 Å². The van der Waals surface area contributed by atoms with E-state index in [9.17, 15) is 9.90 Å². The number of phenolic OH excluding ortho intramolecular Hbond substituents is 1. The molecule has 0 fully saturated rings. The summed E-state index contributed by atoms with van der Waals surface area (Å²) in [5.41, 5.74) is 6.05. The van der Waals surface area contributed by atoms with E-state index in [-0.39, 0.29) is 30.3 Å². The Hall–Kier alpha value is -1.30. The summed E-state index contributed by atoms with van der Waals surface area (Å²) in [4.78, 5) is 10.6. The number of phenols is 1. The van der Waals surface area contributed by atoms with E-state index in [2.05, 4.69) is 0 Å². The van der Waals surface area contributed by atoms with Gasteiger partial charge in [0.25, 0.3) is 0 Å². The zero-order valence-corrected chi connectivity index (χ0v) is 9.28. The molecule has 1 aromatic carbocycles. The van der Waals surface area contributed by atoms with Crippen molar-refractivity contribution in [3.05, 3.63) is 29.3 Å². The van der Waals surface area contributed by atoms with Gasteiger partial charge in [-0.15, -0.1) is 12.4 Å². The molecule has 5 nitrogen and oxygen atoms in total. The largest absolute Gasteiger partial charge is 0.508 e. The summed E-state index contributed by atoms with van der Waals surface area (Å²) in [5, 5.41) is 26.9. The second-order valence-corrected chi connectivity index (χ2v) is 3.30. The van der Waals surface area contributed by atoms with Crippen LogP contribution in [0, 0.1) is 0 Å². The fourth-order valence-electron chi connectivity index (χ4n) is 1.22. The number of carboxylic acids is 1. The molecule has 1 atom stereocenters. The molecule has 0 heterocycles. The van der Waals surface area contributed by atoms with Crippen LogP contribution in [-0.2, 0) is 6.42 Å². The Morgan fingerprint density at radius 2 is 2.06 bits per heavy atom. The van der Waals surface area contributed by atoms with Gasteiger partial charge >= 0.3 is 5.97 Å². The molecule has 1 aromatic rings. The molecule has 0 spiro atoms. The maximum absolute atomic E-state index is 10.6. The molecule has 0 saturated heterocycles. The third-order valence-corrected chi connectivity index (χ3v) is 2.05.